The molecule has 0 amide bonds. The lowest BCUT2D eigenvalue weighted by atomic mass is 9.78. The first-order valence-electron chi connectivity index (χ1n) is 9.95. The third-order valence-electron chi connectivity index (χ3n) is 7.85. The molecule has 4 heterocycles. The van der Waals surface area contributed by atoms with Gasteiger partial charge in [-0.15, -0.1) is 0 Å². The number of fused-ring (bicyclic) bond motifs is 6. The van der Waals surface area contributed by atoms with Crippen LogP contribution in [0, 0.1) is 5.92 Å². The molecular formula is C20H34O5. The van der Waals surface area contributed by atoms with Gasteiger partial charge in [0.25, 0.3) is 0 Å². The van der Waals surface area contributed by atoms with E-state index in [1.165, 1.54) is 0 Å². The average Bonchev–Trinajstić information content (AvgIpc) is 2.87. The molecule has 0 aromatic rings. The van der Waals surface area contributed by atoms with Gasteiger partial charge in [0.1, 0.15) is 5.60 Å². The van der Waals surface area contributed by atoms with Crippen LogP contribution in [0.1, 0.15) is 73.1 Å². The Labute approximate surface area is 151 Å². The molecule has 4 aliphatic heterocycles. The van der Waals surface area contributed by atoms with E-state index in [9.17, 15) is 10.2 Å². The van der Waals surface area contributed by atoms with Crippen molar-refractivity contribution in [2.24, 2.45) is 5.92 Å². The molecular weight excluding hydrogens is 320 g/mol. The number of hydrogen-bond donors (Lipinski definition) is 2. The molecule has 0 aliphatic carbocycles. The Balaban J connectivity index is 1.70. The fourth-order valence-corrected chi connectivity index (χ4v) is 5.40. The SMILES string of the molecule is CC(C)[C@@]12CC[C@@](C)(O1)[C@@H]1CC[C@@](C)(O1)[C@@H](O)CC1O[C@@]1(C)[C@H](O)C2. The Hall–Kier alpha value is -0.200. The smallest absolute Gasteiger partial charge is 0.118 e. The van der Waals surface area contributed by atoms with Crippen molar-refractivity contribution in [1.29, 1.82) is 0 Å². The summed E-state index contributed by atoms with van der Waals surface area (Å²) < 4.78 is 19.1. The second-order valence-electron chi connectivity index (χ2n) is 9.85. The molecule has 1 unspecified atom stereocenters. The van der Waals surface area contributed by atoms with E-state index < -0.39 is 23.4 Å². The summed E-state index contributed by atoms with van der Waals surface area (Å²) in [5.41, 5.74) is -1.84. The Morgan fingerprint density at radius 2 is 1.60 bits per heavy atom. The maximum Gasteiger partial charge on any atom is 0.118 e. The van der Waals surface area contributed by atoms with E-state index >= 15 is 0 Å². The Bertz CT molecular complexity index is 552. The van der Waals surface area contributed by atoms with Crippen LogP contribution < -0.4 is 0 Å². The zero-order valence-corrected chi connectivity index (χ0v) is 16.2. The van der Waals surface area contributed by atoms with Crippen LogP contribution in [0.3, 0.4) is 0 Å². The summed E-state index contributed by atoms with van der Waals surface area (Å²) in [6.07, 6.45) is 3.40. The number of epoxide rings is 1. The lowest BCUT2D eigenvalue weighted by Gasteiger charge is -2.41. The van der Waals surface area contributed by atoms with Gasteiger partial charge in [-0.2, -0.15) is 0 Å². The molecule has 0 radical (unpaired) electrons. The molecule has 4 saturated heterocycles. The van der Waals surface area contributed by atoms with E-state index in [1.807, 2.05) is 13.8 Å². The van der Waals surface area contributed by atoms with Crippen LogP contribution in [0.4, 0.5) is 0 Å². The number of hydrogen-bond acceptors (Lipinski definition) is 5. The van der Waals surface area contributed by atoms with Gasteiger partial charge >= 0.3 is 0 Å². The molecule has 0 spiro atoms. The van der Waals surface area contributed by atoms with E-state index in [0.29, 0.717) is 18.8 Å². The fourth-order valence-electron chi connectivity index (χ4n) is 5.40. The van der Waals surface area contributed by atoms with E-state index in [4.69, 9.17) is 14.2 Å². The minimum absolute atomic E-state index is 0.00384. The van der Waals surface area contributed by atoms with Crippen molar-refractivity contribution >= 4 is 0 Å². The zero-order valence-electron chi connectivity index (χ0n) is 16.2. The predicted octanol–water partition coefficient (Wildman–Crippen LogP) is 2.56. The summed E-state index contributed by atoms with van der Waals surface area (Å²) >= 11 is 0. The quantitative estimate of drug-likeness (QED) is 0.708. The highest BCUT2D eigenvalue weighted by molar-refractivity contribution is 5.12. The summed E-state index contributed by atoms with van der Waals surface area (Å²) in [6, 6.07) is 0. The fraction of sp³-hybridized carbons (Fsp3) is 1.00. The van der Waals surface area contributed by atoms with Gasteiger partial charge in [-0.1, -0.05) is 13.8 Å². The van der Waals surface area contributed by atoms with Crippen LogP contribution in [0.25, 0.3) is 0 Å². The van der Waals surface area contributed by atoms with Crippen molar-refractivity contribution in [2.45, 2.75) is 120 Å². The van der Waals surface area contributed by atoms with Crippen LogP contribution >= 0.6 is 0 Å². The van der Waals surface area contributed by atoms with Gasteiger partial charge in [0.15, 0.2) is 0 Å². The molecule has 4 fully saturated rings. The second-order valence-corrected chi connectivity index (χ2v) is 9.85. The molecule has 144 valence electrons. The van der Waals surface area contributed by atoms with Crippen molar-refractivity contribution < 1.29 is 24.4 Å². The minimum atomic E-state index is -0.587. The van der Waals surface area contributed by atoms with Gasteiger partial charge in [0, 0.05) is 12.8 Å². The molecule has 25 heavy (non-hydrogen) atoms. The van der Waals surface area contributed by atoms with Crippen LogP contribution in [0.15, 0.2) is 0 Å². The van der Waals surface area contributed by atoms with Gasteiger partial charge in [-0.25, -0.2) is 0 Å². The van der Waals surface area contributed by atoms with E-state index in [2.05, 4.69) is 20.8 Å². The van der Waals surface area contributed by atoms with Gasteiger partial charge in [0.05, 0.1) is 41.2 Å². The highest BCUT2D eigenvalue weighted by atomic mass is 16.6. The molecule has 5 heteroatoms. The lowest BCUT2D eigenvalue weighted by molar-refractivity contribution is -0.207. The third-order valence-corrected chi connectivity index (χ3v) is 7.85. The van der Waals surface area contributed by atoms with Crippen LogP contribution in [0.2, 0.25) is 0 Å². The molecule has 4 rings (SSSR count). The van der Waals surface area contributed by atoms with Crippen LogP contribution in [0.5, 0.6) is 0 Å². The first-order chi connectivity index (χ1) is 11.5. The van der Waals surface area contributed by atoms with Crippen molar-refractivity contribution in [3.8, 4) is 0 Å². The predicted molar refractivity (Wildman–Crippen MR) is 93.3 cm³/mol. The largest absolute Gasteiger partial charge is 0.390 e. The Kier molecular flexibility index (Phi) is 3.94. The summed E-state index contributed by atoms with van der Waals surface area (Å²) in [4.78, 5) is 0. The molecule has 0 aromatic heterocycles. The minimum Gasteiger partial charge on any atom is -0.390 e. The second kappa shape index (κ2) is 5.41. The number of aliphatic hydroxyl groups excluding tert-OH is 2. The lowest BCUT2D eigenvalue weighted by Crippen LogP contribution is -2.50. The Morgan fingerprint density at radius 3 is 2.28 bits per heavy atom. The molecule has 4 bridgehead atoms. The molecule has 8 atom stereocenters. The van der Waals surface area contributed by atoms with Gasteiger partial charge in [0.2, 0.25) is 0 Å². The normalized spacial score (nSPS) is 58.6. The van der Waals surface area contributed by atoms with Crippen molar-refractivity contribution in [2.75, 3.05) is 0 Å². The topological polar surface area (TPSA) is 71.5 Å². The monoisotopic (exact) mass is 354 g/mol. The van der Waals surface area contributed by atoms with E-state index in [-0.39, 0.29) is 23.4 Å². The number of aliphatic hydroxyl groups is 2. The Morgan fingerprint density at radius 1 is 0.880 bits per heavy atom. The van der Waals surface area contributed by atoms with Crippen LogP contribution in [-0.2, 0) is 14.2 Å². The number of ether oxygens (including phenoxy) is 3. The standard InChI is InChI=1S/C20H34O5/c1-12(2)20-9-8-18(4,25-20)15-6-7-17(3,23-15)13(21)10-16-19(5,24-16)14(22)11-20/h12-16,21-22H,6-11H2,1-5H3/t13-,14+,15-,16?,17+,18+,19-,20-/m0/s1. The van der Waals surface area contributed by atoms with Crippen LogP contribution in [-0.4, -0.2) is 57.0 Å². The summed E-state index contributed by atoms with van der Waals surface area (Å²) in [6.45, 7) is 10.5. The summed E-state index contributed by atoms with van der Waals surface area (Å²) in [5.74, 6) is 0.311. The number of rotatable bonds is 1. The molecule has 5 nitrogen and oxygen atoms in total. The van der Waals surface area contributed by atoms with Crippen molar-refractivity contribution in [1.82, 2.24) is 0 Å². The van der Waals surface area contributed by atoms with Gasteiger partial charge < -0.3 is 24.4 Å². The van der Waals surface area contributed by atoms with E-state index in [0.717, 1.165) is 25.7 Å². The first-order valence-corrected chi connectivity index (χ1v) is 9.95. The first kappa shape index (κ1) is 18.2. The molecule has 2 N–H and O–H groups in total. The summed E-state index contributed by atoms with van der Waals surface area (Å²) in [7, 11) is 0. The highest BCUT2D eigenvalue weighted by Gasteiger charge is 2.64. The van der Waals surface area contributed by atoms with Gasteiger partial charge in [-0.05, 0) is 52.4 Å². The molecule has 0 saturated carbocycles. The highest BCUT2D eigenvalue weighted by Crippen LogP contribution is 2.55. The average molecular weight is 354 g/mol. The molecule has 4 aliphatic rings. The molecule has 0 aromatic carbocycles. The third kappa shape index (κ3) is 2.61. The van der Waals surface area contributed by atoms with E-state index in [1.54, 1.807) is 0 Å². The van der Waals surface area contributed by atoms with Crippen molar-refractivity contribution in [3.05, 3.63) is 0 Å². The zero-order chi connectivity index (χ0) is 18.3. The van der Waals surface area contributed by atoms with Crippen molar-refractivity contribution in [3.63, 3.8) is 0 Å². The maximum atomic E-state index is 11.0. The summed E-state index contributed by atoms with van der Waals surface area (Å²) in [5, 5.41) is 21.8. The van der Waals surface area contributed by atoms with Gasteiger partial charge in [-0.3, -0.25) is 0 Å². The maximum absolute atomic E-state index is 11.0.